The van der Waals surface area contributed by atoms with Crippen LogP contribution in [0.2, 0.25) is 0 Å². The molecular weight excluding hydrogens is 228 g/mol. The minimum atomic E-state index is -0.200. The van der Waals surface area contributed by atoms with Gasteiger partial charge in [-0.25, -0.2) is 4.98 Å². The second kappa shape index (κ2) is 5.82. The minimum absolute atomic E-state index is 0.200. The molecule has 0 saturated carbocycles. The molecule has 5 heteroatoms. The largest absolute Gasteiger partial charge is 0.370 e. The van der Waals surface area contributed by atoms with Gasteiger partial charge in [-0.1, -0.05) is 6.07 Å². The van der Waals surface area contributed by atoms with Crippen molar-refractivity contribution < 1.29 is 4.79 Å². The number of primary amides is 1. The summed E-state index contributed by atoms with van der Waals surface area (Å²) in [5.74, 6) is 1.20. The van der Waals surface area contributed by atoms with E-state index in [1.54, 1.807) is 6.20 Å². The summed E-state index contributed by atoms with van der Waals surface area (Å²) in [7, 11) is 0. The molecule has 0 aliphatic carbocycles. The third-order valence-corrected chi connectivity index (χ3v) is 3.49. The Kier molecular flexibility index (Phi) is 4.15. The summed E-state index contributed by atoms with van der Waals surface area (Å²) in [5, 5.41) is 0. The highest BCUT2D eigenvalue weighted by atomic mass is 16.1. The van der Waals surface area contributed by atoms with Gasteiger partial charge >= 0.3 is 0 Å². The highest BCUT2D eigenvalue weighted by molar-refractivity contribution is 5.74. The van der Waals surface area contributed by atoms with Crippen LogP contribution < -0.4 is 16.4 Å². The Morgan fingerprint density at radius 3 is 2.78 bits per heavy atom. The van der Waals surface area contributed by atoms with Crippen LogP contribution in [0.4, 0.5) is 5.82 Å². The molecule has 1 saturated heterocycles. The molecule has 1 aliphatic rings. The number of hydrogen-bond donors (Lipinski definition) is 2. The van der Waals surface area contributed by atoms with Gasteiger partial charge in [0.2, 0.25) is 5.91 Å². The highest BCUT2D eigenvalue weighted by Crippen LogP contribution is 2.25. The van der Waals surface area contributed by atoms with E-state index in [1.165, 1.54) is 0 Å². The van der Waals surface area contributed by atoms with Crippen LogP contribution in [0.3, 0.4) is 0 Å². The maximum Gasteiger partial charge on any atom is 0.217 e. The number of hydrogen-bond acceptors (Lipinski definition) is 4. The van der Waals surface area contributed by atoms with E-state index < -0.39 is 0 Å². The number of amides is 1. The summed E-state index contributed by atoms with van der Waals surface area (Å²) in [6.07, 6.45) is 4.27. The Morgan fingerprint density at radius 2 is 2.17 bits per heavy atom. The van der Waals surface area contributed by atoms with Crippen molar-refractivity contribution in [2.45, 2.75) is 25.8 Å². The molecule has 1 aromatic rings. The zero-order valence-corrected chi connectivity index (χ0v) is 10.5. The van der Waals surface area contributed by atoms with Gasteiger partial charge in [0.15, 0.2) is 0 Å². The van der Waals surface area contributed by atoms with Gasteiger partial charge in [0, 0.05) is 37.8 Å². The average molecular weight is 248 g/mol. The summed E-state index contributed by atoms with van der Waals surface area (Å²) in [6.45, 7) is 2.34. The van der Waals surface area contributed by atoms with Gasteiger partial charge in [-0.15, -0.1) is 0 Å². The lowest BCUT2D eigenvalue weighted by Gasteiger charge is -2.33. The van der Waals surface area contributed by atoms with Gasteiger partial charge in [-0.2, -0.15) is 0 Å². The first kappa shape index (κ1) is 12.8. The van der Waals surface area contributed by atoms with E-state index in [1.807, 2.05) is 12.1 Å². The minimum Gasteiger partial charge on any atom is -0.370 e. The van der Waals surface area contributed by atoms with Crippen LogP contribution in [0.1, 0.15) is 24.8 Å². The third kappa shape index (κ3) is 2.98. The molecule has 0 radical (unpaired) electrons. The number of rotatable bonds is 4. The van der Waals surface area contributed by atoms with Crippen LogP contribution in [0, 0.1) is 5.92 Å². The lowest BCUT2D eigenvalue weighted by atomic mass is 9.93. The molecule has 0 spiro atoms. The molecule has 98 valence electrons. The molecule has 0 bridgehead atoms. The first-order valence-corrected chi connectivity index (χ1v) is 6.38. The number of anilines is 1. The number of carbonyl (C=O) groups is 1. The first-order valence-electron chi connectivity index (χ1n) is 6.38. The van der Waals surface area contributed by atoms with Crippen molar-refractivity contribution in [1.29, 1.82) is 0 Å². The van der Waals surface area contributed by atoms with Crippen LogP contribution >= 0.6 is 0 Å². The fourth-order valence-corrected chi connectivity index (χ4v) is 2.51. The number of aromatic nitrogens is 1. The van der Waals surface area contributed by atoms with E-state index in [2.05, 4.69) is 9.88 Å². The van der Waals surface area contributed by atoms with Gasteiger partial charge in [-0.05, 0) is 24.8 Å². The number of nitrogens with two attached hydrogens (primary N) is 2. The topological polar surface area (TPSA) is 85.2 Å². The number of pyridine rings is 1. The fourth-order valence-electron chi connectivity index (χ4n) is 2.51. The zero-order chi connectivity index (χ0) is 13.0. The van der Waals surface area contributed by atoms with Gasteiger partial charge in [0.25, 0.3) is 0 Å². The molecule has 0 aromatic carbocycles. The second-order valence-electron chi connectivity index (χ2n) is 4.79. The number of carbonyl (C=O) groups excluding carboxylic acids is 1. The maximum atomic E-state index is 10.9. The summed E-state index contributed by atoms with van der Waals surface area (Å²) < 4.78 is 0. The molecule has 0 unspecified atom stereocenters. The Balaban J connectivity index is 1.99. The molecule has 18 heavy (non-hydrogen) atoms. The van der Waals surface area contributed by atoms with Crippen LogP contribution in [-0.4, -0.2) is 24.0 Å². The van der Waals surface area contributed by atoms with Gasteiger partial charge in [0.1, 0.15) is 5.82 Å². The molecular formula is C13H20N4O. The van der Waals surface area contributed by atoms with Crippen molar-refractivity contribution in [3.63, 3.8) is 0 Å². The van der Waals surface area contributed by atoms with E-state index in [0.29, 0.717) is 18.9 Å². The van der Waals surface area contributed by atoms with E-state index in [9.17, 15) is 4.79 Å². The van der Waals surface area contributed by atoms with E-state index in [4.69, 9.17) is 11.5 Å². The third-order valence-electron chi connectivity index (χ3n) is 3.49. The summed E-state index contributed by atoms with van der Waals surface area (Å²) in [4.78, 5) is 17.6. The predicted molar refractivity (Wildman–Crippen MR) is 70.9 cm³/mol. The Bertz CT molecular complexity index is 413. The van der Waals surface area contributed by atoms with Crippen molar-refractivity contribution in [2.24, 2.45) is 17.4 Å². The lowest BCUT2D eigenvalue weighted by molar-refractivity contribution is -0.119. The van der Waals surface area contributed by atoms with Gasteiger partial charge < -0.3 is 16.4 Å². The van der Waals surface area contributed by atoms with Crippen molar-refractivity contribution in [1.82, 2.24) is 4.98 Å². The predicted octanol–water partition coefficient (Wildman–Crippen LogP) is 0.632. The van der Waals surface area contributed by atoms with Crippen LogP contribution in [0.5, 0.6) is 0 Å². The Labute approximate surface area is 107 Å². The summed E-state index contributed by atoms with van der Waals surface area (Å²) in [6, 6.07) is 3.92. The van der Waals surface area contributed by atoms with Gasteiger partial charge in [-0.3, -0.25) is 4.79 Å². The van der Waals surface area contributed by atoms with Crippen LogP contribution in [-0.2, 0) is 11.3 Å². The molecule has 0 atom stereocenters. The van der Waals surface area contributed by atoms with Crippen molar-refractivity contribution in [3.05, 3.63) is 23.9 Å². The van der Waals surface area contributed by atoms with Crippen molar-refractivity contribution >= 4 is 11.7 Å². The second-order valence-corrected chi connectivity index (χ2v) is 4.79. The molecule has 5 nitrogen and oxygen atoms in total. The molecule has 1 fully saturated rings. The molecule has 1 aliphatic heterocycles. The van der Waals surface area contributed by atoms with E-state index in [-0.39, 0.29) is 5.91 Å². The normalized spacial score (nSPS) is 16.8. The lowest BCUT2D eigenvalue weighted by Crippen LogP contribution is -2.36. The highest BCUT2D eigenvalue weighted by Gasteiger charge is 2.22. The number of nitrogens with zero attached hydrogens (tertiary/aromatic N) is 2. The summed E-state index contributed by atoms with van der Waals surface area (Å²) in [5.41, 5.74) is 12.0. The van der Waals surface area contributed by atoms with E-state index >= 15 is 0 Å². The molecule has 1 amide bonds. The average Bonchev–Trinajstić information content (AvgIpc) is 2.39. The Hall–Kier alpha value is -1.62. The fraction of sp³-hybridized carbons (Fsp3) is 0.538. The van der Waals surface area contributed by atoms with Crippen LogP contribution in [0.25, 0.3) is 0 Å². The maximum absolute atomic E-state index is 10.9. The standard InChI is InChI=1S/C13H20N4O/c14-9-11-2-1-5-16-13(11)17-6-3-10(4-7-17)8-12(15)18/h1-2,5,10H,3-4,6-9,14H2,(H2,15,18). The quantitative estimate of drug-likeness (QED) is 0.818. The van der Waals surface area contributed by atoms with Gasteiger partial charge in [0.05, 0.1) is 0 Å². The zero-order valence-electron chi connectivity index (χ0n) is 10.5. The van der Waals surface area contributed by atoms with Crippen molar-refractivity contribution in [3.8, 4) is 0 Å². The van der Waals surface area contributed by atoms with E-state index in [0.717, 1.165) is 37.3 Å². The summed E-state index contributed by atoms with van der Waals surface area (Å²) >= 11 is 0. The number of piperidine rings is 1. The molecule has 4 N–H and O–H groups in total. The molecule has 2 rings (SSSR count). The monoisotopic (exact) mass is 248 g/mol. The van der Waals surface area contributed by atoms with Crippen LogP contribution in [0.15, 0.2) is 18.3 Å². The smallest absolute Gasteiger partial charge is 0.217 e. The Morgan fingerprint density at radius 1 is 1.44 bits per heavy atom. The molecule has 2 heterocycles. The first-order chi connectivity index (χ1) is 8.70. The molecule has 1 aromatic heterocycles. The SMILES string of the molecule is NCc1cccnc1N1CCC(CC(N)=O)CC1. The van der Waals surface area contributed by atoms with Crippen molar-refractivity contribution in [2.75, 3.05) is 18.0 Å².